The van der Waals surface area contributed by atoms with Crippen LogP contribution in [0.4, 0.5) is 0 Å². The van der Waals surface area contributed by atoms with E-state index in [0.717, 1.165) is 96.3 Å². The van der Waals surface area contributed by atoms with Gasteiger partial charge in [-0.2, -0.15) is 0 Å². The SMILES string of the molecule is CC\C=C/C=C\C=C/CCCCCCCC(=O)OCC(COC(=O)CCCCC/C=C\C=C/CCCCCCCCC)OC(=O)CCCCCCCCCCCCCCCC. The molecule has 0 fully saturated rings. The van der Waals surface area contributed by atoms with Crippen molar-refractivity contribution < 1.29 is 28.6 Å². The average molecular weight is 853 g/mol. The lowest BCUT2D eigenvalue weighted by atomic mass is 10.0. The molecule has 6 heteroatoms. The first-order valence-electron chi connectivity index (χ1n) is 25.8. The van der Waals surface area contributed by atoms with Gasteiger partial charge < -0.3 is 14.2 Å². The number of ether oxygens (including phenoxy) is 3. The third-order valence-electron chi connectivity index (χ3n) is 11.1. The molecule has 0 spiro atoms. The summed E-state index contributed by atoms with van der Waals surface area (Å²) in [7, 11) is 0. The van der Waals surface area contributed by atoms with E-state index in [2.05, 4.69) is 81.5 Å². The van der Waals surface area contributed by atoms with Crippen LogP contribution in [0.5, 0.6) is 0 Å². The Labute approximate surface area is 377 Å². The normalized spacial score (nSPS) is 12.5. The van der Waals surface area contributed by atoms with Crippen LogP contribution >= 0.6 is 0 Å². The van der Waals surface area contributed by atoms with Crippen molar-refractivity contribution in [2.75, 3.05) is 13.2 Å². The van der Waals surface area contributed by atoms with Gasteiger partial charge in [-0.25, -0.2) is 0 Å². The predicted octanol–water partition coefficient (Wildman–Crippen LogP) is 16.9. The molecule has 0 radical (unpaired) electrons. The van der Waals surface area contributed by atoms with Crippen LogP contribution < -0.4 is 0 Å². The molecule has 0 aromatic heterocycles. The van der Waals surface area contributed by atoms with Crippen molar-refractivity contribution >= 4 is 17.9 Å². The largest absolute Gasteiger partial charge is 0.462 e. The Balaban J connectivity index is 4.43. The molecule has 0 N–H and O–H groups in total. The second kappa shape index (κ2) is 49.8. The Kier molecular flexibility index (Phi) is 47.4. The maximum Gasteiger partial charge on any atom is 0.306 e. The van der Waals surface area contributed by atoms with Crippen LogP contribution in [0, 0.1) is 0 Å². The molecule has 0 aromatic carbocycles. The fraction of sp³-hybridized carbons (Fsp3) is 0.764. The Morgan fingerprint density at radius 1 is 0.344 bits per heavy atom. The molecule has 0 bridgehead atoms. The Morgan fingerprint density at radius 2 is 0.639 bits per heavy atom. The third-order valence-corrected chi connectivity index (χ3v) is 11.1. The Morgan fingerprint density at radius 3 is 1.02 bits per heavy atom. The topological polar surface area (TPSA) is 78.9 Å². The van der Waals surface area contributed by atoms with Crippen LogP contribution in [0.2, 0.25) is 0 Å². The molecule has 0 saturated carbocycles. The van der Waals surface area contributed by atoms with Gasteiger partial charge in [0.25, 0.3) is 0 Å². The summed E-state index contributed by atoms with van der Waals surface area (Å²) in [5, 5.41) is 0. The van der Waals surface area contributed by atoms with Gasteiger partial charge in [0.15, 0.2) is 6.10 Å². The maximum absolute atomic E-state index is 12.8. The fourth-order valence-electron chi connectivity index (χ4n) is 7.20. The van der Waals surface area contributed by atoms with Gasteiger partial charge >= 0.3 is 17.9 Å². The van der Waals surface area contributed by atoms with E-state index >= 15 is 0 Å². The van der Waals surface area contributed by atoms with Crippen molar-refractivity contribution in [2.45, 2.75) is 258 Å². The Bertz CT molecular complexity index is 1120. The highest BCUT2D eigenvalue weighted by molar-refractivity contribution is 5.71. The van der Waals surface area contributed by atoms with Crippen LogP contribution in [0.1, 0.15) is 252 Å². The molecule has 6 nitrogen and oxygen atoms in total. The van der Waals surface area contributed by atoms with Gasteiger partial charge in [0.2, 0.25) is 0 Å². The Hall–Kier alpha value is -2.89. The minimum Gasteiger partial charge on any atom is -0.462 e. The summed E-state index contributed by atoms with van der Waals surface area (Å²) in [5.74, 6) is -0.931. The number of hydrogen-bond donors (Lipinski definition) is 0. The molecule has 0 aliphatic heterocycles. The van der Waals surface area contributed by atoms with E-state index < -0.39 is 6.10 Å². The van der Waals surface area contributed by atoms with Gasteiger partial charge in [0.05, 0.1) is 0 Å². The van der Waals surface area contributed by atoms with Crippen LogP contribution in [0.15, 0.2) is 60.8 Å². The van der Waals surface area contributed by atoms with Gasteiger partial charge in [-0.3, -0.25) is 14.4 Å². The fourth-order valence-corrected chi connectivity index (χ4v) is 7.20. The first-order chi connectivity index (χ1) is 30.0. The van der Waals surface area contributed by atoms with Crippen LogP contribution in [-0.2, 0) is 28.6 Å². The van der Waals surface area contributed by atoms with Crippen molar-refractivity contribution in [3.8, 4) is 0 Å². The van der Waals surface area contributed by atoms with Crippen molar-refractivity contribution in [3.63, 3.8) is 0 Å². The number of allylic oxidation sites excluding steroid dienone is 10. The van der Waals surface area contributed by atoms with E-state index in [9.17, 15) is 14.4 Å². The highest BCUT2D eigenvalue weighted by atomic mass is 16.6. The van der Waals surface area contributed by atoms with E-state index in [-0.39, 0.29) is 31.1 Å². The second-order valence-electron chi connectivity index (χ2n) is 17.1. The molecule has 1 atom stereocenters. The molecular formula is C55H96O6. The van der Waals surface area contributed by atoms with Gasteiger partial charge in [-0.1, -0.05) is 229 Å². The monoisotopic (exact) mass is 853 g/mol. The quantitative estimate of drug-likeness (QED) is 0.0263. The van der Waals surface area contributed by atoms with Crippen molar-refractivity contribution in [3.05, 3.63) is 60.8 Å². The average Bonchev–Trinajstić information content (AvgIpc) is 3.26. The summed E-state index contributed by atoms with van der Waals surface area (Å²) in [5.41, 5.74) is 0. The lowest BCUT2D eigenvalue weighted by Gasteiger charge is -2.18. The highest BCUT2D eigenvalue weighted by Crippen LogP contribution is 2.15. The predicted molar refractivity (Wildman–Crippen MR) is 261 cm³/mol. The van der Waals surface area contributed by atoms with Crippen molar-refractivity contribution in [2.24, 2.45) is 0 Å². The molecule has 61 heavy (non-hydrogen) atoms. The van der Waals surface area contributed by atoms with E-state index in [4.69, 9.17) is 14.2 Å². The zero-order valence-corrected chi connectivity index (χ0v) is 40.2. The first kappa shape index (κ1) is 58.1. The van der Waals surface area contributed by atoms with Gasteiger partial charge in [-0.15, -0.1) is 0 Å². The number of unbranched alkanes of at least 4 members (excludes halogenated alkanes) is 28. The van der Waals surface area contributed by atoms with Crippen molar-refractivity contribution in [1.29, 1.82) is 0 Å². The van der Waals surface area contributed by atoms with E-state index in [1.807, 2.05) is 0 Å². The van der Waals surface area contributed by atoms with Gasteiger partial charge in [0.1, 0.15) is 13.2 Å². The van der Waals surface area contributed by atoms with E-state index in [1.54, 1.807) is 0 Å². The van der Waals surface area contributed by atoms with Crippen molar-refractivity contribution in [1.82, 2.24) is 0 Å². The zero-order chi connectivity index (χ0) is 44.4. The summed E-state index contributed by atoms with van der Waals surface area (Å²) in [6.07, 6.45) is 60.6. The lowest BCUT2D eigenvalue weighted by Crippen LogP contribution is -2.30. The molecular weight excluding hydrogens is 757 g/mol. The molecule has 0 aliphatic carbocycles. The molecule has 0 aliphatic rings. The smallest absolute Gasteiger partial charge is 0.306 e. The molecule has 0 saturated heterocycles. The summed E-state index contributed by atoms with van der Waals surface area (Å²) in [6.45, 7) is 6.47. The summed E-state index contributed by atoms with van der Waals surface area (Å²) < 4.78 is 16.8. The summed E-state index contributed by atoms with van der Waals surface area (Å²) >= 11 is 0. The minimum atomic E-state index is -0.790. The number of esters is 3. The van der Waals surface area contributed by atoms with E-state index in [1.165, 1.54) is 116 Å². The van der Waals surface area contributed by atoms with Crippen LogP contribution in [0.25, 0.3) is 0 Å². The van der Waals surface area contributed by atoms with Crippen LogP contribution in [-0.4, -0.2) is 37.2 Å². The summed E-state index contributed by atoms with van der Waals surface area (Å²) in [4.78, 5) is 37.9. The number of carbonyl (C=O) groups excluding carboxylic acids is 3. The summed E-state index contributed by atoms with van der Waals surface area (Å²) in [6, 6.07) is 0. The molecule has 0 aromatic rings. The molecule has 1 unspecified atom stereocenters. The number of hydrogen-bond acceptors (Lipinski definition) is 6. The lowest BCUT2D eigenvalue weighted by molar-refractivity contribution is -0.167. The molecule has 0 rings (SSSR count). The zero-order valence-electron chi connectivity index (χ0n) is 40.2. The molecule has 352 valence electrons. The molecule has 0 heterocycles. The number of rotatable bonds is 46. The highest BCUT2D eigenvalue weighted by Gasteiger charge is 2.19. The molecule has 0 amide bonds. The maximum atomic E-state index is 12.8. The van der Waals surface area contributed by atoms with Gasteiger partial charge in [0, 0.05) is 19.3 Å². The standard InChI is InChI=1S/C55H96O6/c1-4-7-10-13-16-19-22-25-27-28-31-33-36-39-42-45-48-54(57)60-51-52(50-59-53(56)47-44-41-38-35-32-29-24-21-18-15-12-9-6-3)61-55(58)49-46-43-40-37-34-30-26-23-20-17-14-11-8-5-2/h9,12,15,18,21,24,27-28,31,33,52H,4-8,10-11,13-14,16-17,19-20,22-23,25-26,29-30,32,34-51H2,1-3H3/b12-9-,18-15-,24-21-,28-27-,33-31-. The minimum absolute atomic E-state index is 0.0918. The van der Waals surface area contributed by atoms with Crippen LogP contribution in [0.3, 0.4) is 0 Å². The van der Waals surface area contributed by atoms with E-state index in [0.29, 0.717) is 19.3 Å². The number of carbonyl (C=O) groups is 3. The second-order valence-corrected chi connectivity index (χ2v) is 17.1. The van der Waals surface area contributed by atoms with Gasteiger partial charge in [-0.05, 0) is 64.2 Å². The third kappa shape index (κ3) is 48.0. The first-order valence-corrected chi connectivity index (χ1v) is 25.8.